The lowest BCUT2D eigenvalue weighted by Crippen LogP contribution is -2.31. The molecule has 0 bridgehead atoms. The Morgan fingerprint density at radius 3 is 1.70 bits per heavy atom. The second kappa shape index (κ2) is 3.34. The van der Waals surface area contributed by atoms with E-state index in [1.54, 1.807) is 6.92 Å². The summed E-state index contributed by atoms with van der Waals surface area (Å²) in [4.78, 5) is 21.1. The summed E-state index contributed by atoms with van der Waals surface area (Å²) in [7, 11) is 0. The molecule has 0 spiro atoms. The molecule has 58 valence electrons. The number of hydrogen-bond donors (Lipinski definition) is 1. The van der Waals surface area contributed by atoms with Gasteiger partial charge in [-0.3, -0.25) is 9.59 Å². The van der Waals surface area contributed by atoms with Gasteiger partial charge < -0.3 is 5.73 Å². The molecule has 0 heterocycles. The smallest absolute Gasteiger partial charge is 0.285 e. The number of primary amides is 1. The maximum absolute atomic E-state index is 10.8. The van der Waals surface area contributed by atoms with Gasteiger partial charge in [-0.15, -0.1) is 0 Å². The molecule has 0 aromatic rings. The molecule has 0 aromatic carbocycles. The lowest BCUT2D eigenvalue weighted by molar-refractivity contribution is -0.138. The molecule has 0 aliphatic heterocycles. The van der Waals surface area contributed by atoms with Gasteiger partial charge in [-0.2, -0.15) is 0 Å². The summed E-state index contributed by atoms with van der Waals surface area (Å²) in [6.45, 7) is 5.47. The lowest BCUT2D eigenvalue weighted by Gasteiger charge is -2.10. The van der Waals surface area contributed by atoms with Gasteiger partial charge in [-0.25, -0.2) is 0 Å². The third kappa shape index (κ3) is 2.17. The Bertz CT molecular complexity index is 152. The highest BCUT2D eigenvalue weighted by Crippen LogP contribution is 2.09. The fourth-order valence-corrected chi connectivity index (χ4v) is 0.527. The van der Waals surface area contributed by atoms with Crippen LogP contribution in [0.5, 0.6) is 0 Å². The summed E-state index contributed by atoms with van der Waals surface area (Å²) in [5, 5.41) is 0. The summed E-state index contributed by atoms with van der Waals surface area (Å²) in [6, 6.07) is 0. The van der Waals surface area contributed by atoms with Gasteiger partial charge in [-0.05, 0) is 5.92 Å². The maximum atomic E-state index is 10.8. The van der Waals surface area contributed by atoms with Gasteiger partial charge in [0.1, 0.15) is 0 Å². The lowest BCUT2D eigenvalue weighted by atomic mass is 9.93. The molecule has 3 heteroatoms. The topological polar surface area (TPSA) is 60.2 Å². The minimum Gasteiger partial charge on any atom is -0.363 e. The van der Waals surface area contributed by atoms with Crippen LogP contribution in [-0.4, -0.2) is 11.7 Å². The van der Waals surface area contributed by atoms with Crippen LogP contribution in [0.3, 0.4) is 0 Å². The van der Waals surface area contributed by atoms with Crippen molar-refractivity contribution in [3.63, 3.8) is 0 Å². The summed E-state index contributed by atoms with van der Waals surface area (Å²) < 4.78 is 0. The van der Waals surface area contributed by atoms with Gasteiger partial charge in [0.05, 0.1) is 0 Å². The number of rotatable bonds is 3. The average molecular weight is 143 g/mol. The van der Waals surface area contributed by atoms with E-state index in [0.717, 1.165) is 0 Å². The first kappa shape index (κ1) is 9.14. The Morgan fingerprint density at radius 1 is 1.20 bits per heavy atom. The molecule has 0 saturated heterocycles. The standard InChI is InChI=1S/C7H13NO2/c1-4(2)5(3)6(9)7(8)10/h4-5H,1-3H3,(H2,8,10). The Morgan fingerprint density at radius 2 is 1.60 bits per heavy atom. The third-order valence-corrected chi connectivity index (χ3v) is 1.66. The predicted molar refractivity (Wildman–Crippen MR) is 38.2 cm³/mol. The van der Waals surface area contributed by atoms with Crippen LogP contribution in [0.25, 0.3) is 0 Å². The summed E-state index contributed by atoms with van der Waals surface area (Å²) >= 11 is 0. The molecule has 1 amide bonds. The third-order valence-electron chi connectivity index (χ3n) is 1.66. The number of carbonyl (C=O) groups excluding carboxylic acids is 2. The molecule has 1 atom stereocenters. The van der Waals surface area contributed by atoms with Crippen LogP contribution >= 0.6 is 0 Å². The Labute approximate surface area is 60.6 Å². The highest BCUT2D eigenvalue weighted by Gasteiger charge is 2.20. The van der Waals surface area contributed by atoms with Crippen molar-refractivity contribution < 1.29 is 9.59 Å². The van der Waals surface area contributed by atoms with Crippen molar-refractivity contribution in [1.29, 1.82) is 0 Å². The molecular formula is C7H13NO2. The zero-order valence-corrected chi connectivity index (χ0v) is 6.55. The van der Waals surface area contributed by atoms with Crippen molar-refractivity contribution in [3.8, 4) is 0 Å². The van der Waals surface area contributed by atoms with Crippen LogP contribution in [-0.2, 0) is 9.59 Å². The number of nitrogens with two attached hydrogens (primary N) is 1. The molecule has 10 heavy (non-hydrogen) atoms. The average Bonchev–Trinajstić information content (AvgIpc) is 1.84. The first-order valence-corrected chi connectivity index (χ1v) is 3.30. The highest BCUT2D eigenvalue weighted by atomic mass is 16.2. The Balaban J connectivity index is 4.08. The van der Waals surface area contributed by atoms with Crippen LogP contribution in [0.1, 0.15) is 20.8 Å². The first-order valence-electron chi connectivity index (χ1n) is 3.30. The molecule has 0 radical (unpaired) electrons. The first-order chi connectivity index (χ1) is 4.46. The van der Waals surface area contributed by atoms with Crippen molar-refractivity contribution >= 4 is 11.7 Å². The van der Waals surface area contributed by atoms with Crippen molar-refractivity contribution in [1.82, 2.24) is 0 Å². The van der Waals surface area contributed by atoms with E-state index in [9.17, 15) is 9.59 Å². The Kier molecular flexibility index (Phi) is 3.06. The van der Waals surface area contributed by atoms with Crippen molar-refractivity contribution in [2.45, 2.75) is 20.8 Å². The van der Waals surface area contributed by atoms with Crippen LogP contribution in [0.4, 0.5) is 0 Å². The van der Waals surface area contributed by atoms with Crippen LogP contribution in [0.2, 0.25) is 0 Å². The van der Waals surface area contributed by atoms with E-state index in [2.05, 4.69) is 0 Å². The fraction of sp³-hybridized carbons (Fsp3) is 0.714. The van der Waals surface area contributed by atoms with E-state index in [-0.39, 0.29) is 11.8 Å². The molecule has 0 fully saturated rings. The van der Waals surface area contributed by atoms with E-state index >= 15 is 0 Å². The predicted octanol–water partition coefficient (Wildman–Crippen LogP) is 0.333. The van der Waals surface area contributed by atoms with Crippen molar-refractivity contribution in [2.75, 3.05) is 0 Å². The SMILES string of the molecule is CC(C)C(C)C(=O)C(N)=O. The van der Waals surface area contributed by atoms with E-state index < -0.39 is 11.7 Å². The summed E-state index contributed by atoms with van der Waals surface area (Å²) in [5.41, 5.74) is 4.79. The molecule has 0 saturated carbocycles. The van der Waals surface area contributed by atoms with E-state index in [0.29, 0.717) is 0 Å². The maximum Gasteiger partial charge on any atom is 0.285 e. The zero-order valence-electron chi connectivity index (χ0n) is 6.55. The van der Waals surface area contributed by atoms with Gasteiger partial charge >= 0.3 is 0 Å². The minimum atomic E-state index is -0.832. The second-order valence-corrected chi connectivity index (χ2v) is 2.76. The number of hydrogen-bond acceptors (Lipinski definition) is 2. The normalized spacial score (nSPS) is 13.2. The van der Waals surface area contributed by atoms with Crippen LogP contribution in [0.15, 0.2) is 0 Å². The molecule has 2 N–H and O–H groups in total. The molecule has 0 rings (SSSR count). The van der Waals surface area contributed by atoms with E-state index in [1.165, 1.54) is 0 Å². The fourth-order valence-electron chi connectivity index (χ4n) is 0.527. The van der Waals surface area contributed by atoms with Crippen molar-refractivity contribution in [3.05, 3.63) is 0 Å². The van der Waals surface area contributed by atoms with E-state index in [4.69, 9.17) is 5.73 Å². The van der Waals surface area contributed by atoms with Crippen LogP contribution < -0.4 is 5.73 Å². The molecule has 0 aliphatic carbocycles. The van der Waals surface area contributed by atoms with Gasteiger partial charge in [0.25, 0.3) is 5.91 Å². The summed E-state index contributed by atoms with van der Waals surface area (Å²) in [6.07, 6.45) is 0. The summed E-state index contributed by atoms with van der Waals surface area (Å²) in [5.74, 6) is -1.38. The Hall–Kier alpha value is -0.860. The zero-order chi connectivity index (χ0) is 8.31. The monoisotopic (exact) mass is 143 g/mol. The van der Waals surface area contributed by atoms with E-state index in [1.807, 2.05) is 13.8 Å². The van der Waals surface area contributed by atoms with Crippen molar-refractivity contribution in [2.24, 2.45) is 17.6 Å². The highest BCUT2D eigenvalue weighted by molar-refractivity contribution is 6.36. The largest absolute Gasteiger partial charge is 0.363 e. The molecule has 3 nitrogen and oxygen atoms in total. The van der Waals surface area contributed by atoms with Gasteiger partial charge in [0.2, 0.25) is 5.78 Å². The van der Waals surface area contributed by atoms with Gasteiger partial charge in [0.15, 0.2) is 0 Å². The number of Topliss-reactive ketones (excluding diaryl/α,β-unsaturated/α-hetero) is 1. The quantitative estimate of drug-likeness (QED) is 0.579. The minimum absolute atomic E-state index is 0.181. The van der Waals surface area contributed by atoms with Crippen LogP contribution in [0, 0.1) is 11.8 Å². The second-order valence-electron chi connectivity index (χ2n) is 2.76. The molecule has 0 aromatic heterocycles. The van der Waals surface area contributed by atoms with Gasteiger partial charge in [-0.1, -0.05) is 20.8 Å². The number of ketones is 1. The van der Waals surface area contributed by atoms with Gasteiger partial charge in [0, 0.05) is 5.92 Å². The number of amides is 1. The molecule has 0 aliphatic rings. The molecular weight excluding hydrogens is 130 g/mol. The number of carbonyl (C=O) groups is 2. The molecule has 1 unspecified atom stereocenters.